The van der Waals surface area contributed by atoms with Gasteiger partial charge in [0, 0.05) is 12.2 Å². The van der Waals surface area contributed by atoms with E-state index in [9.17, 15) is 9.18 Å². The zero-order valence-corrected chi connectivity index (χ0v) is 13.7. The van der Waals surface area contributed by atoms with Crippen LogP contribution >= 0.6 is 0 Å². The molecule has 0 radical (unpaired) electrons. The number of carbonyl (C=O) groups excluding carboxylic acids is 1. The van der Waals surface area contributed by atoms with Gasteiger partial charge in [0.2, 0.25) is 0 Å². The minimum Gasteiger partial charge on any atom is -0.354 e. The summed E-state index contributed by atoms with van der Waals surface area (Å²) in [6.45, 7) is 0.298. The predicted molar refractivity (Wildman–Crippen MR) is 96.2 cm³/mol. The average Bonchev–Trinajstić information content (AvgIpc) is 2.68. The fraction of sp³-hybridized carbons (Fsp3) is 0.0500. The lowest BCUT2D eigenvalue weighted by Crippen LogP contribution is -2.23. The van der Waals surface area contributed by atoms with E-state index in [1.54, 1.807) is 54.7 Å². The molecule has 6 heteroatoms. The third-order valence-electron chi connectivity index (χ3n) is 3.67. The Kier molecular flexibility index (Phi) is 5.20. The molecule has 0 unspecified atom stereocenters. The Morgan fingerprint density at radius 3 is 2.31 bits per heavy atom. The summed E-state index contributed by atoms with van der Waals surface area (Å²) < 4.78 is 12.9. The van der Waals surface area contributed by atoms with Gasteiger partial charge < -0.3 is 10.6 Å². The molecule has 1 amide bonds. The Morgan fingerprint density at radius 2 is 1.69 bits per heavy atom. The number of aromatic nitrogens is 1. The van der Waals surface area contributed by atoms with Crippen molar-refractivity contribution in [3.8, 4) is 6.07 Å². The Hall–Kier alpha value is -3.72. The van der Waals surface area contributed by atoms with Gasteiger partial charge in [0.25, 0.3) is 5.91 Å². The van der Waals surface area contributed by atoms with Crippen LogP contribution in [0.15, 0.2) is 66.9 Å². The molecule has 0 saturated heterocycles. The highest BCUT2D eigenvalue weighted by molar-refractivity contribution is 5.92. The van der Waals surface area contributed by atoms with Crippen molar-refractivity contribution >= 4 is 17.3 Å². The third-order valence-corrected chi connectivity index (χ3v) is 3.67. The van der Waals surface area contributed by atoms with Gasteiger partial charge in [-0.1, -0.05) is 12.1 Å². The minimum atomic E-state index is -0.313. The first kappa shape index (κ1) is 17.1. The van der Waals surface area contributed by atoms with Crippen LogP contribution in [0, 0.1) is 17.1 Å². The second-order valence-electron chi connectivity index (χ2n) is 5.56. The summed E-state index contributed by atoms with van der Waals surface area (Å²) in [6.07, 6.45) is 1.56. The number of hydrogen-bond acceptors (Lipinski definition) is 4. The fourth-order valence-corrected chi connectivity index (χ4v) is 2.27. The maximum atomic E-state index is 12.9. The molecule has 0 spiro atoms. The molecule has 0 atom stereocenters. The number of hydrogen-bond donors (Lipinski definition) is 2. The van der Waals surface area contributed by atoms with Crippen molar-refractivity contribution in [3.63, 3.8) is 0 Å². The number of nitrogens with zero attached hydrogens (tertiary/aromatic N) is 2. The van der Waals surface area contributed by atoms with Crippen LogP contribution in [0.4, 0.5) is 15.8 Å². The quantitative estimate of drug-likeness (QED) is 0.737. The standard InChI is InChI=1S/C20H15FN4O/c21-16-5-1-15(2-6-16)12-24-20(26)19-10-9-18(13-23-19)25-17-7-3-14(11-22)4-8-17/h1-10,13,25H,12H2,(H,24,26). The molecular weight excluding hydrogens is 331 g/mol. The molecule has 2 N–H and O–H groups in total. The number of amides is 1. The molecule has 128 valence electrons. The number of benzene rings is 2. The molecule has 5 nitrogen and oxygen atoms in total. The summed E-state index contributed by atoms with van der Waals surface area (Å²) in [7, 11) is 0. The molecule has 0 aliphatic carbocycles. The molecule has 0 saturated carbocycles. The largest absolute Gasteiger partial charge is 0.354 e. The van der Waals surface area contributed by atoms with Crippen molar-refractivity contribution in [2.45, 2.75) is 6.54 Å². The van der Waals surface area contributed by atoms with E-state index >= 15 is 0 Å². The van der Waals surface area contributed by atoms with Crippen LogP contribution in [0.25, 0.3) is 0 Å². The molecule has 1 heterocycles. The number of anilines is 2. The number of rotatable bonds is 5. The normalized spacial score (nSPS) is 10.0. The van der Waals surface area contributed by atoms with E-state index in [2.05, 4.69) is 21.7 Å². The monoisotopic (exact) mass is 346 g/mol. The average molecular weight is 346 g/mol. The Bertz CT molecular complexity index is 930. The van der Waals surface area contributed by atoms with E-state index in [0.29, 0.717) is 12.1 Å². The fourth-order valence-electron chi connectivity index (χ4n) is 2.27. The lowest BCUT2D eigenvalue weighted by molar-refractivity contribution is 0.0946. The van der Waals surface area contributed by atoms with E-state index < -0.39 is 0 Å². The summed E-state index contributed by atoms with van der Waals surface area (Å²) in [4.78, 5) is 16.3. The topological polar surface area (TPSA) is 77.8 Å². The van der Waals surface area contributed by atoms with Crippen LogP contribution in [-0.2, 0) is 6.54 Å². The lowest BCUT2D eigenvalue weighted by Gasteiger charge is -2.08. The number of nitriles is 1. The highest BCUT2D eigenvalue weighted by Gasteiger charge is 2.07. The van der Waals surface area contributed by atoms with Crippen molar-refractivity contribution < 1.29 is 9.18 Å². The van der Waals surface area contributed by atoms with E-state index in [1.165, 1.54) is 12.1 Å². The Balaban J connectivity index is 1.58. The number of pyridine rings is 1. The number of nitrogens with one attached hydrogen (secondary N) is 2. The first-order valence-electron chi connectivity index (χ1n) is 7.90. The van der Waals surface area contributed by atoms with Crippen molar-refractivity contribution in [2.75, 3.05) is 5.32 Å². The van der Waals surface area contributed by atoms with Gasteiger partial charge in [-0.05, 0) is 54.1 Å². The van der Waals surface area contributed by atoms with Crippen molar-refractivity contribution in [1.29, 1.82) is 5.26 Å². The molecule has 3 rings (SSSR count). The van der Waals surface area contributed by atoms with Crippen LogP contribution < -0.4 is 10.6 Å². The highest BCUT2D eigenvalue weighted by atomic mass is 19.1. The molecule has 1 aromatic heterocycles. The number of carbonyl (C=O) groups is 1. The first-order chi connectivity index (χ1) is 12.6. The van der Waals surface area contributed by atoms with Crippen LogP contribution in [0.5, 0.6) is 0 Å². The van der Waals surface area contributed by atoms with Crippen molar-refractivity contribution in [2.24, 2.45) is 0 Å². The van der Waals surface area contributed by atoms with Gasteiger partial charge >= 0.3 is 0 Å². The highest BCUT2D eigenvalue weighted by Crippen LogP contribution is 2.16. The maximum Gasteiger partial charge on any atom is 0.270 e. The molecule has 0 bridgehead atoms. The van der Waals surface area contributed by atoms with Gasteiger partial charge in [0.15, 0.2) is 0 Å². The van der Waals surface area contributed by atoms with E-state index in [1.807, 2.05) is 0 Å². The van der Waals surface area contributed by atoms with Crippen LogP contribution in [0.1, 0.15) is 21.6 Å². The molecule has 3 aromatic rings. The Labute approximate surface area is 150 Å². The SMILES string of the molecule is N#Cc1ccc(Nc2ccc(C(=O)NCc3ccc(F)cc3)nc2)cc1. The van der Waals surface area contributed by atoms with E-state index in [4.69, 9.17) is 5.26 Å². The second kappa shape index (κ2) is 7.90. The summed E-state index contributed by atoms with van der Waals surface area (Å²) in [5.74, 6) is -0.619. The summed E-state index contributed by atoms with van der Waals surface area (Å²) in [5, 5.41) is 14.7. The van der Waals surface area contributed by atoms with E-state index in [0.717, 1.165) is 16.9 Å². The molecule has 0 aliphatic rings. The summed E-state index contributed by atoms with van der Waals surface area (Å²) in [6, 6.07) is 18.4. The van der Waals surface area contributed by atoms with Crippen molar-refractivity contribution in [3.05, 3.63) is 89.5 Å². The van der Waals surface area contributed by atoms with Gasteiger partial charge in [-0.2, -0.15) is 5.26 Å². The van der Waals surface area contributed by atoms with Crippen molar-refractivity contribution in [1.82, 2.24) is 10.3 Å². The van der Waals surface area contributed by atoms with Gasteiger partial charge in [0.1, 0.15) is 11.5 Å². The molecular formula is C20H15FN4O. The smallest absolute Gasteiger partial charge is 0.270 e. The van der Waals surface area contributed by atoms with Crippen LogP contribution in [0.2, 0.25) is 0 Å². The lowest BCUT2D eigenvalue weighted by atomic mass is 10.2. The van der Waals surface area contributed by atoms with Crippen LogP contribution in [0.3, 0.4) is 0 Å². The van der Waals surface area contributed by atoms with Crippen LogP contribution in [-0.4, -0.2) is 10.9 Å². The first-order valence-corrected chi connectivity index (χ1v) is 7.90. The molecule has 26 heavy (non-hydrogen) atoms. The van der Waals surface area contributed by atoms with Gasteiger partial charge in [-0.3, -0.25) is 4.79 Å². The molecule has 0 fully saturated rings. The second-order valence-corrected chi connectivity index (χ2v) is 5.56. The molecule has 2 aromatic carbocycles. The maximum absolute atomic E-state index is 12.9. The Morgan fingerprint density at radius 1 is 1.00 bits per heavy atom. The minimum absolute atomic E-state index is 0.289. The predicted octanol–water partition coefficient (Wildman–Crippen LogP) is 3.77. The zero-order chi connectivity index (χ0) is 18.4. The zero-order valence-electron chi connectivity index (χ0n) is 13.7. The summed E-state index contributed by atoms with van der Waals surface area (Å²) in [5.41, 5.74) is 3.22. The number of halogens is 1. The molecule has 0 aliphatic heterocycles. The van der Waals surface area contributed by atoms with Gasteiger partial charge in [-0.25, -0.2) is 9.37 Å². The van der Waals surface area contributed by atoms with Gasteiger partial charge in [-0.15, -0.1) is 0 Å². The summed E-state index contributed by atoms with van der Waals surface area (Å²) >= 11 is 0. The van der Waals surface area contributed by atoms with E-state index in [-0.39, 0.29) is 17.4 Å². The van der Waals surface area contributed by atoms with Gasteiger partial charge in [0.05, 0.1) is 23.5 Å². The third kappa shape index (κ3) is 4.42.